The number of methoxy groups -OCH3 is 1. The van der Waals surface area contributed by atoms with Gasteiger partial charge in [0.1, 0.15) is 11.1 Å². The minimum atomic E-state index is -0.892. The number of hydrogen-bond donors (Lipinski definition) is 1. The number of ketones is 1. The van der Waals surface area contributed by atoms with Crippen LogP contribution in [0.15, 0.2) is 53.4 Å². The molecule has 6 nitrogen and oxygen atoms in total. The van der Waals surface area contributed by atoms with E-state index in [1.54, 1.807) is 0 Å². The quantitative estimate of drug-likeness (QED) is 0.649. The molecule has 0 aliphatic carbocycles. The highest BCUT2D eigenvalue weighted by Gasteiger charge is 2.56. The van der Waals surface area contributed by atoms with Crippen LogP contribution in [0, 0.1) is 0 Å². The van der Waals surface area contributed by atoms with E-state index in [9.17, 15) is 14.7 Å². The summed E-state index contributed by atoms with van der Waals surface area (Å²) in [5, 5.41) is 10.7. The first-order valence-corrected chi connectivity index (χ1v) is 8.79. The zero-order valence-corrected chi connectivity index (χ0v) is 14.6. The summed E-state index contributed by atoms with van der Waals surface area (Å²) in [6.07, 6.45) is 3.51. The highest BCUT2D eigenvalue weighted by molar-refractivity contribution is 6.22. The first-order valence-electron chi connectivity index (χ1n) is 8.79. The number of esters is 1. The van der Waals surface area contributed by atoms with E-state index in [4.69, 9.17) is 9.47 Å². The van der Waals surface area contributed by atoms with Gasteiger partial charge in [-0.3, -0.25) is 4.79 Å². The van der Waals surface area contributed by atoms with Gasteiger partial charge in [0.25, 0.3) is 0 Å². The minimum Gasteiger partial charge on any atom is -0.505 e. The van der Waals surface area contributed by atoms with Crippen molar-refractivity contribution in [3.8, 4) is 0 Å². The van der Waals surface area contributed by atoms with Crippen molar-refractivity contribution in [2.45, 2.75) is 30.8 Å². The second kappa shape index (κ2) is 6.29. The van der Waals surface area contributed by atoms with Gasteiger partial charge < -0.3 is 19.5 Å². The van der Waals surface area contributed by atoms with Gasteiger partial charge in [-0.25, -0.2) is 4.79 Å². The molecule has 136 valence electrons. The number of hydrogen-bond acceptors (Lipinski definition) is 6. The Morgan fingerprint density at radius 3 is 2.62 bits per heavy atom. The maximum absolute atomic E-state index is 13.4. The standard InChI is InChI=1S/C20H21NO5/c1-25-19(24)16-17(22)15-8-7-14(13-5-3-2-4-6-13)21(15)20(18(16)23)9-11-26-12-10-20/h2-6,8,14,22H,7,9-12H2,1H3. The van der Waals surface area contributed by atoms with E-state index in [-0.39, 0.29) is 23.2 Å². The minimum absolute atomic E-state index is 0.0606. The molecule has 0 aromatic heterocycles. The first kappa shape index (κ1) is 16.8. The highest BCUT2D eigenvalue weighted by atomic mass is 16.5. The fourth-order valence-electron chi connectivity index (χ4n) is 4.34. The second-order valence-electron chi connectivity index (χ2n) is 6.81. The number of aliphatic hydroxyl groups is 1. The van der Waals surface area contributed by atoms with Crippen molar-refractivity contribution in [3.05, 3.63) is 59.0 Å². The van der Waals surface area contributed by atoms with E-state index >= 15 is 0 Å². The largest absolute Gasteiger partial charge is 0.505 e. The molecule has 1 aromatic rings. The Hall–Kier alpha value is -2.60. The lowest BCUT2D eigenvalue weighted by atomic mass is 9.76. The van der Waals surface area contributed by atoms with Gasteiger partial charge in [-0.1, -0.05) is 36.4 Å². The van der Waals surface area contributed by atoms with E-state index in [0.29, 0.717) is 38.2 Å². The summed E-state index contributed by atoms with van der Waals surface area (Å²) in [5.74, 6) is -1.44. The molecule has 3 aliphatic heterocycles. The average molecular weight is 355 g/mol. The van der Waals surface area contributed by atoms with E-state index < -0.39 is 11.5 Å². The average Bonchev–Trinajstić information content (AvgIpc) is 3.14. The molecule has 1 N–H and O–H groups in total. The van der Waals surface area contributed by atoms with Gasteiger partial charge in [0.15, 0.2) is 11.5 Å². The molecule has 3 heterocycles. The van der Waals surface area contributed by atoms with Crippen LogP contribution in [0.3, 0.4) is 0 Å². The molecule has 1 saturated heterocycles. The molecular formula is C20H21NO5. The predicted octanol–water partition coefficient (Wildman–Crippen LogP) is 2.43. The van der Waals surface area contributed by atoms with Gasteiger partial charge in [-0.2, -0.15) is 0 Å². The van der Waals surface area contributed by atoms with Crippen LogP contribution in [0.4, 0.5) is 0 Å². The monoisotopic (exact) mass is 355 g/mol. The van der Waals surface area contributed by atoms with Crippen LogP contribution >= 0.6 is 0 Å². The second-order valence-corrected chi connectivity index (χ2v) is 6.81. The normalized spacial score (nSPS) is 24.5. The molecule has 4 rings (SSSR count). The predicted molar refractivity (Wildman–Crippen MR) is 93.2 cm³/mol. The maximum atomic E-state index is 13.4. The zero-order chi connectivity index (χ0) is 18.3. The molecule has 0 saturated carbocycles. The van der Waals surface area contributed by atoms with Crippen LogP contribution in [-0.2, 0) is 19.1 Å². The van der Waals surface area contributed by atoms with Crippen LogP contribution in [0.1, 0.15) is 30.9 Å². The lowest BCUT2D eigenvalue weighted by Crippen LogP contribution is -2.60. The van der Waals surface area contributed by atoms with Crippen LogP contribution in [0.5, 0.6) is 0 Å². The van der Waals surface area contributed by atoms with Crippen molar-refractivity contribution >= 4 is 11.8 Å². The summed E-state index contributed by atoms with van der Waals surface area (Å²) in [6.45, 7) is 0.874. The van der Waals surface area contributed by atoms with E-state index in [1.165, 1.54) is 7.11 Å². The summed E-state index contributed by atoms with van der Waals surface area (Å²) in [4.78, 5) is 27.6. The van der Waals surface area contributed by atoms with Crippen LogP contribution in [0.2, 0.25) is 0 Å². The van der Waals surface area contributed by atoms with Crippen LogP contribution < -0.4 is 0 Å². The number of benzene rings is 1. The summed E-state index contributed by atoms with van der Waals surface area (Å²) in [7, 11) is 1.22. The Morgan fingerprint density at radius 2 is 1.96 bits per heavy atom. The molecule has 0 radical (unpaired) electrons. The number of ether oxygens (including phenoxy) is 2. The lowest BCUT2D eigenvalue weighted by molar-refractivity contribution is -0.144. The molecule has 1 aromatic carbocycles. The Bertz CT molecular complexity index is 805. The number of aliphatic hydroxyl groups excluding tert-OH is 1. The first-order chi connectivity index (χ1) is 12.6. The van der Waals surface area contributed by atoms with Gasteiger partial charge in [0.2, 0.25) is 0 Å². The lowest BCUT2D eigenvalue weighted by Gasteiger charge is -2.50. The molecule has 0 bridgehead atoms. The molecule has 1 fully saturated rings. The Labute approximate surface area is 151 Å². The van der Waals surface area contributed by atoms with E-state index in [1.807, 2.05) is 41.3 Å². The third kappa shape index (κ3) is 2.29. The van der Waals surface area contributed by atoms with Crippen molar-refractivity contribution in [1.29, 1.82) is 0 Å². The number of nitrogens with zero attached hydrogens (tertiary/aromatic N) is 1. The fraction of sp³-hybridized carbons (Fsp3) is 0.400. The molecule has 0 amide bonds. The molecule has 1 unspecified atom stereocenters. The Balaban J connectivity index is 1.87. The smallest absolute Gasteiger partial charge is 0.345 e. The van der Waals surface area contributed by atoms with Crippen molar-refractivity contribution in [2.24, 2.45) is 0 Å². The SMILES string of the molecule is COC(=O)C1=C(O)C2=CCC(c3ccccc3)N2C2(CCOCC2)C1=O. The van der Waals surface area contributed by atoms with E-state index in [2.05, 4.69) is 0 Å². The number of carbonyl (C=O) groups is 2. The van der Waals surface area contributed by atoms with Gasteiger partial charge in [0, 0.05) is 26.1 Å². The summed E-state index contributed by atoms with van der Waals surface area (Å²) >= 11 is 0. The molecule has 6 heteroatoms. The van der Waals surface area contributed by atoms with E-state index in [0.717, 1.165) is 5.56 Å². The van der Waals surface area contributed by atoms with Gasteiger partial charge in [-0.05, 0) is 12.0 Å². The van der Waals surface area contributed by atoms with Gasteiger partial charge >= 0.3 is 5.97 Å². The molecule has 1 atom stereocenters. The van der Waals surface area contributed by atoms with Crippen molar-refractivity contribution < 1.29 is 24.2 Å². The number of Topliss-reactive ketones (excluding diaryl/α,β-unsaturated/α-hetero) is 1. The zero-order valence-electron chi connectivity index (χ0n) is 14.6. The molecule has 1 spiro atoms. The van der Waals surface area contributed by atoms with Crippen molar-refractivity contribution in [2.75, 3.05) is 20.3 Å². The highest BCUT2D eigenvalue weighted by Crippen LogP contribution is 2.50. The van der Waals surface area contributed by atoms with Gasteiger partial charge in [0.05, 0.1) is 18.8 Å². The maximum Gasteiger partial charge on any atom is 0.345 e. The molecule has 26 heavy (non-hydrogen) atoms. The van der Waals surface area contributed by atoms with Crippen LogP contribution in [0.25, 0.3) is 0 Å². The molecule has 3 aliphatic rings. The number of fused-ring (bicyclic) bond motifs is 2. The van der Waals surface area contributed by atoms with Crippen molar-refractivity contribution in [3.63, 3.8) is 0 Å². The Kier molecular flexibility index (Phi) is 4.07. The summed E-state index contributed by atoms with van der Waals surface area (Å²) in [5.41, 5.74) is 0.481. The third-order valence-corrected chi connectivity index (χ3v) is 5.59. The molecular weight excluding hydrogens is 334 g/mol. The summed E-state index contributed by atoms with van der Waals surface area (Å²) in [6, 6.07) is 9.86. The topological polar surface area (TPSA) is 76.1 Å². The third-order valence-electron chi connectivity index (χ3n) is 5.59. The number of rotatable bonds is 2. The van der Waals surface area contributed by atoms with Gasteiger partial charge in [-0.15, -0.1) is 0 Å². The van der Waals surface area contributed by atoms with Crippen LogP contribution in [-0.4, -0.2) is 47.6 Å². The van der Waals surface area contributed by atoms with Crippen molar-refractivity contribution in [1.82, 2.24) is 4.90 Å². The Morgan fingerprint density at radius 1 is 1.27 bits per heavy atom. The number of carbonyl (C=O) groups excluding carboxylic acids is 2. The fourth-order valence-corrected chi connectivity index (χ4v) is 4.34. The summed E-state index contributed by atoms with van der Waals surface area (Å²) < 4.78 is 10.3.